The minimum Gasteiger partial charge on any atom is -0.379 e. The van der Waals surface area contributed by atoms with Crippen LogP contribution < -0.4 is 5.32 Å². The van der Waals surface area contributed by atoms with Crippen LogP contribution >= 0.6 is 0 Å². The zero-order valence-corrected chi connectivity index (χ0v) is 11.0. The van der Waals surface area contributed by atoms with Crippen LogP contribution in [0.1, 0.15) is 37.3 Å². The van der Waals surface area contributed by atoms with Gasteiger partial charge in [0.2, 0.25) is 0 Å². The van der Waals surface area contributed by atoms with E-state index in [-0.39, 0.29) is 18.1 Å². The van der Waals surface area contributed by atoms with Crippen LogP contribution in [0.3, 0.4) is 0 Å². The Kier molecular flexibility index (Phi) is 3.68. The van der Waals surface area contributed by atoms with Gasteiger partial charge >= 0.3 is 6.03 Å². The van der Waals surface area contributed by atoms with Gasteiger partial charge in [-0.05, 0) is 25.7 Å². The fraction of sp³-hybridized carbons (Fsp3) is 0.692. The summed E-state index contributed by atoms with van der Waals surface area (Å²) in [6, 6.07) is 0.343. The third-order valence-electron chi connectivity index (χ3n) is 3.93. The van der Waals surface area contributed by atoms with E-state index in [0.29, 0.717) is 6.61 Å². The Morgan fingerprint density at radius 1 is 1.47 bits per heavy atom. The highest BCUT2D eigenvalue weighted by molar-refractivity contribution is 5.75. The number of ether oxygens (including phenoxy) is 1. The Morgan fingerprint density at radius 3 is 3.16 bits per heavy atom. The predicted molar refractivity (Wildman–Crippen MR) is 69.6 cm³/mol. The van der Waals surface area contributed by atoms with Gasteiger partial charge in [-0.25, -0.2) is 4.79 Å². The number of H-pyrrole nitrogens is 1. The summed E-state index contributed by atoms with van der Waals surface area (Å²) in [5, 5.41) is 9.89. The maximum atomic E-state index is 12.4. The van der Waals surface area contributed by atoms with Crippen LogP contribution in [0.25, 0.3) is 0 Å². The lowest BCUT2D eigenvalue weighted by atomic mass is 9.98. The standard InChI is InChI=1S/C13H20N4O2/c18-13(16-11-4-6-19-9-11)17-5-2-1-3-12(17)10-7-14-15-8-10/h7-8,11-12H,1-6,9H2,(H,14,15)(H,16,18)/t11-,12+/m1/s1. The summed E-state index contributed by atoms with van der Waals surface area (Å²) in [6.45, 7) is 2.20. The van der Waals surface area contributed by atoms with Gasteiger partial charge in [-0.3, -0.25) is 5.10 Å². The largest absolute Gasteiger partial charge is 0.379 e. The fourth-order valence-corrected chi connectivity index (χ4v) is 2.87. The molecule has 2 amide bonds. The highest BCUT2D eigenvalue weighted by Crippen LogP contribution is 2.30. The van der Waals surface area contributed by atoms with E-state index in [2.05, 4.69) is 15.5 Å². The normalized spacial score (nSPS) is 27.5. The maximum absolute atomic E-state index is 12.4. The van der Waals surface area contributed by atoms with Gasteiger partial charge < -0.3 is 15.0 Å². The second kappa shape index (κ2) is 5.61. The molecule has 1 aromatic rings. The summed E-state index contributed by atoms with van der Waals surface area (Å²) >= 11 is 0. The van der Waals surface area contributed by atoms with Crippen molar-refractivity contribution in [2.24, 2.45) is 0 Å². The highest BCUT2D eigenvalue weighted by atomic mass is 16.5. The number of hydrogen-bond donors (Lipinski definition) is 2. The van der Waals surface area contributed by atoms with Crippen LogP contribution in [-0.2, 0) is 4.74 Å². The van der Waals surface area contributed by atoms with E-state index in [0.717, 1.165) is 44.4 Å². The van der Waals surface area contributed by atoms with Gasteiger partial charge in [-0.1, -0.05) is 0 Å². The smallest absolute Gasteiger partial charge is 0.318 e. The van der Waals surface area contributed by atoms with Gasteiger partial charge in [0.15, 0.2) is 0 Å². The quantitative estimate of drug-likeness (QED) is 0.849. The summed E-state index contributed by atoms with van der Waals surface area (Å²) in [7, 11) is 0. The van der Waals surface area contributed by atoms with Crippen LogP contribution in [0, 0.1) is 0 Å². The van der Waals surface area contributed by atoms with Crippen molar-refractivity contribution in [1.82, 2.24) is 20.4 Å². The van der Waals surface area contributed by atoms with Crippen molar-refractivity contribution in [2.75, 3.05) is 19.8 Å². The molecule has 104 valence electrons. The molecule has 2 atom stereocenters. The Labute approximate surface area is 112 Å². The highest BCUT2D eigenvalue weighted by Gasteiger charge is 2.30. The number of piperidine rings is 1. The molecule has 1 aromatic heterocycles. The molecule has 0 radical (unpaired) electrons. The lowest BCUT2D eigenvalue weighted by Gasteiger charge is -2.35. The first-order valence-electron chi connectivity index (χ1n) is 6.98. The van der Waals surface area contributed by atoms with Crippen LogP contribution in [0.2, 0.25) is 0 Å². The molecule has 0 saturated carbocycles. The first kappa shape index (κ1) is 12.5. The van der Waals surface area contributed by atoms with Crippen LogP contribution in [0.15, 0.2) is 12.4 Å². The number of carbonyl (C=O) groups is 1. The van der Waals surface area contributed by atoms with Gasteiger partial charge in [0, 0.05) is 24.9 Å². The summed E-state index contributed by atoms with van der Waals surface area (Å²) < 4.78 is 5.30. The van der Waals surface area contributed by atoms with E-state index in [4.69, 9.17) is 4.74 Å². The van der Waals surface area contributed by atoms with Crippen molar-refractivity contribution in [3.05, 3.63) is 18.0 Å². The molecule has 2 fully saturated rings. The number of aromatic nitrogens is 2. The number of amides is 2. The number of rotatable bonds is 2. The molecule has 2 aliphatic rings. The Balaban J connectivity index is 1.67. The van der Waals surface area contributed by atoms with E-state index in [1.807, 2.05) is 17.3 Å². The lowest BCUT2D eigenvalue weighted by Crippen LogP contribution is -2.48. The Bertz CT molecular complexity index is 414. The number of nitrogens with one attached hydrogen (secondary N) is 2. The topological polar surface area (TPSA) is 70.2 Å². The molecule has 2 saturated heterocycles. The molecular weight excluding hydrogens is 244 g/mol. The first-order chi connectivity index (χ1) is 9.34. The minimum absolute atomic E-state index is 0.0291. The molecule has 2 aliphatic heterocycles. The van der Waals surface area contributed by atoms with E-state index in [9.17, 15) is 4.79 Å². The number of urea groups is 1. The molecule has 0 aliphatic carbocycles. The number of hydrogen-bond acceptors (Lipinski definition) is 3. The molecule has 0 spiro atoms. The van der Waals surface area contributed by atoms with Crippen molar-refractivity contribution in [1.29, 1.82) is 0 Å². The molecule has 3 heterocycles. The predicted octanol–water partition coefficient (Wildman–Crippen LogP) is 1.44. The fourth-order valence-electron chi connectivity index (χ4n) is 2.87. The Morgan fingerprint density at radius 2 is 2.42 bits per heavy atom. The average molecular weight is 264 g/mol. The zero-order valence-electron chi connectivity index (χ0n) is 11.0. The third-order valence-corrected chi connectivity index (χ3v) is 3.93. The first-order valence-corrected chi connectivity index (χ1v) is 6.98. The van der Waals surface area contributed by atoms with Crippen LogP contribution in [0.4, 0.5) is 4.79 Å². The molecular formula is C13H20N4O2. The third kappa shape index (κ3) is 2.73. The van der Waals surface area contributed by atoms with E-state index < -0.39 is 0 Å². The lowest BCUT2D eigenvalue weighted by molar-refractivity contribution is 0.145. The van der Waals surface area contributed by atoms with Crippen molar-refractivity contribution >= 4 is 6.03 Å². The van der Waals surface area contributed by atoms with Crippen molar-refractivity contribution in [2.45, 2.75) is 37.8 Å². The Hall–Kier alpha value is -1.56. The average Bonchev–Trinajstić information content (AvgIpc) is 3.11. The summed E-state index contributed by atoms with van der Waals surface area (Å²) in [4.78, 5) is 14.3. The number of likely N-dealkylation sites (tertiary alicyclic amines) is 1. The van der Waals surface area contributed by atoms with Gasteiger partial charge in [0.25, 0.3) is 0 Å². The SMILES string of the molecule is O=C(N[C@@H]1CCOC1)N1CCCC[C@H]1c1cn[nH]c1. The molecule has 19 heavy (non-hydrogen) atoms. The van der Waals surface area contributed by atoms with Crippen molar-refractivity contribution < 1.29 is 9.53 Å². The van der Waals surface area contributed by atoms with Gasteiger partial charge in [0.1, 0.15) is 0 Å². The summed E-state index contributed by atoms with van der Waals surface area (Å²) in [6.07, 6.45) is 7.85. The summed E-state index contributed by atoms with van der Waals surface area (Å²) in [5.41, 5.74) is 1.09. The monoisotopic (exact) mass is 264 g/mol. The van der Waals surface area contributed by atoms with Crippen LogP contribution in [0.5, 0.6) is 0 Å². The van der Waals surface area contributed by atoms with Crippen molar-refractivity contribution in [3.63, 3.8) is 0 Å². The summed E-state index contributed by atoms with van der Waals surface area (Å²) in [5.74, 6) is 0. The van der Waals surface area contributed by atoms with E-state index in [1.54, 1.807) is 0 Å². The number of carbonyl (C=O) groups excluding carboxylic acids is 1. The van der Waals surface area contributed by atoms with Gasteiger partial charge in [-0.2, -0.15) is 5.10 Å². The molecule has 3 rings (SSSR count). The minimum atomic E-state index is 0.0291. The van der Waals surface area contributed by atoms with Crippen molar-refractivity contribution in [3.8, 4) is 0 Å². The maximum Gasteiger partial charge on any atom is 0.318 e. The number of aromatic amines is 1. The van der Waals surface area contributed by atoms with E-state index in [1.165, 1.54) is 0 Å². The second-order valence-corrected chi connectivity index (χ2v) is 5.25. The molecule has 2 N–H and O–H groups in total. The molecule has 6 nitrogen and oxygen atoms in total. The van der Waals surface area contributed by atoms with Gasteiger partial charge in [0.05, 0.1) is 24.9 Å². The van der Waals surface area contributed by atoms with Crippen LogP contribution in [-0.4, -0.2) is 46.9 Å². The number of nitrogens with zero attached hydrogens (tertiary/aromatic N) is 2. The van der Waals surface area contributed by atoms with Gasteiger partial charge in [-0.15, -0.1) is 0 Å². The second-order valence-electron chi connectivity index (χ2n) is 5.25. The zero-order chi connectivity index (χ0) is 13.1. The molecule has 0 unspecified atom stereocenters. The van der Waals surface area contributed by atoms with E-state index >= 15 is 0 Å². The molecule has 6 heteroatoms. The molecule has 0 bridgehead atoms. The molecule has 0 aromatic carbocycles.